The Bertz CT molecular complexity index is 871. The zero-order valence-corrected chi connectivity index (χ0v) is 18.7. The van der Waals surface area contributed by atoms with Crippen LogP contribution in [-0.2, 0) is 28.5 Å². The number of benzene rings is 1. The second kappa shape index (κ2) is 9.53. The zero-order valence-electron chi connectivity index (χ0n) is 18.7. The van der Waals surface area contributed by atoms with Gasteiger partial charge in [0, 0.05) is 6.92 Å². The first-order chi connectivity index (χ1) is 15.0. The number of aliphatic carboxylic acids is 1. The SMILES string of the molecule is CC(=O)NC1C(Oc2ccccc2C(C)=O)OC2COC(C)(C)OC2C1OC(C)C(=O)O. The van der Waals surface area contributed by atoms with Gasteiger partial charge < -0.3 is 34.1 Å². The van der Waals surface area contributed by atoms with Crippen molar-refractivity contribution in [3.8, 4) is 5.75 Å². The van der Waals surface area contributed by atoms with E-state index in [4.69, 9.17) is 23.7 Å². The van der Waals surface area contributed by atoms with Crippen molar-refractivity contribution in [1.82, 2.24) is 5.32 Å². The van der Waals surface area contributed by atoms with Crippen molar-refractivity contribution < 1.29 is 43.2 Å². The second-order valence-electron chi connectivity index (χ2n) is 8.31. The Morgan fingerprint density at radius 1 is 1.22 bits per heavy atom. The Morgan fingerprint density at radius 3 is 2.53 bits per heavy atom. The number of nitrogens with one attached hydrogen (secondary N) is 1. The van der Waals surface area contributed by atoms with E-state index in [0.29, 0.717) is 5.56 Å². The molecular weight excluding hydrogens is 422 g/mol. The summed E-state index contributed by atoms with van der Waals surface area (Å²) in [5, 5.41) is 12.1. The maximum Gasteiger partial charge on any atom is 0.332 e. The molecule has 1 aromatic rings. The van der Waals surface area contributed by atoms with Crippen LogP contribution in [0.2, 0.25) is 0 Å². The van der Waals surface area contributed by atoms with E-state index in [-0.39, 0.29) is 18.1 Å². The van der Waals surface area contributed by atoms with Crippen molar-refractivity contribution in [1.29, 1.82) is 0 Å². The molecule has 10 nitrogen and oxygen atoms in total. The van der Waals surface area contributed by atoms with Gasteiger partial charge in [0.15, 0.2) is 17.7 Å². The summed E-state index contributed by atoms with van der Waals surface area (Å²) in [5.74, 6) is -2.46. The number of amides is 1. The smallest absolute Gasteiger partial charge is 0.332 e. The molecule has 10 heteroatoms. The molecule has 3 rings (SSSR count). The molecular formula is C22H29NO9. The summed E-state index contributed by atoms with van der Waals surface area (Å²) in [5.41, 5.74) is 0.341. The number of hydrogen-bond acceptors (Lipinski definition) is 8. The topological polar surface area (TPSA) is 130 Å². The van der Waals surface area contributed by atoms with Crippen LogP contribution >= 0.6 is 0 Å². The van der Waals surface area contributed by atoms with Crippen LogP contribution in [0.4, 0.5) is 0 Å². The standard InChI is InChI=1S/C22H29NO9/c1-11(24)14-8-6-7-9-15(14)30-21-17(23-13(3)25)19(29-12(2)20(26)27)18-16(31-21)10-28-22(4,5)32-18/h6-9,12,16-19,21H,10H2,1-5H3,(H,23,25)(H,26,27). The lowest BCUT2D eigenvalue weighted by molar-refractivity contribution is -0.366. The number of carbonyl (C=O) groups is 3. The predicted molar refractivity (Wildman–Crippen MR) is 110 cm³/mol. The first kappa shape index (κ1) is 24.1. The minimum absolute atomic E-state index is 0.139. The Kier molecular flexibility index (Phi) is 7.19. The van der Waals surface area contributed by atoms with Gasteiger partial charge >= 0.3 is 5.97 Å². The number of hydrogen-bond donors (Lipinski definition) is 2. The predicted octanol–water partition coefficient (Wildman–Crippen LogP) is 1.51. The van der Waals surface area contributed by atoms with Gasteiger partial charge in [-0.25, -0.2) is 4.79 Å². The third kappa shape index (κ3) is 5.44. The number of rotatable bonds is 7. The molecule has 6 atom stereocenters. The number of carboxylic acids is 1. The van der Waals surface area contributed by atoms with Crippen LogP contribution in [0.15, 0.2) is 24.3 Å². The van der Waals surface area contributed by atoms with Crippen molar-refractivity contribution >= 4 is 17.7 Å². The van der Waals surface area contributed by atoms with Crippen molar-refractivity contribution in [3.05, 3.63) is 29.8 Å². The van der Waals surface area contributed by atoms with Gasteiger partial charge in [0.1, 0.15) is 30.1 Å². The molecule has 2 heterocycles. The third-order valence-electron chi connectivity index (χ3n) is 5.25. The molecule has 2 saturated heterocycles. The Hall–Kier alpha value is -2.53. The molecule has 2 aliphatic rings. The fourth-order valence-electron chi connectivity index (χ4n) is 3.75. The molecule has 6 unspecified atom stereocenters. The van der Waals surface area contributed by atoms with Gasteiger partial charge in [-0.2, -0.15) is 0 Å². The highest BCUT2D eigenvalue weighted by atomic mass is 16.8. The van der Waals surface area contributed by atoms with Crippen LogP contribution in [0.25, 0.3) is 0 Å². The summed E-state index contributed by atoms with van der Waals surface area (Å²) in [6, 6.07) is 5.72. The van der Waals surface area contributed by atoms with Crippen LogP contribution in [-0.4, -0.2) is 71.9 Å². The number of fused-ring (bicyclic) bond motifs is 1. The Morgan fingerprint density at radius 2 is 1.91 bits per heavy atom. The molecule has 1 aromatic carbocycles. The van der Waals surface area contributed by atoms with Crippen molar-refractivity contribution in [2.75, 3.05) is 6.61 Å². The average molecular weight is 451 g/mol. The summed E-state index contributed by atoms with van der Waals surface area (Å²) in [6.07, 6.45) is -4.61. The van der Waals surface area contributed by atoms with E-state index in [0.717, 1.165) is 0 Å². The molecule has 0 saturated carbocycles. The highest BCUT2D eigenvalue weighted by molar-refractivity contribution is 5.96. The summed E-state index contributed by atoms with van der Waals surface area (Å²) in [7, 11) is 0. The van der Waals surface area contributed by atoms with E-state index in [2.05, 4.69) is 5.32 Å². The number of ketones is 1. The monoisotopic (exact) mass is 451 g/mol. The zero-order chi connectivity index (χ0) is 23.6. The molecule has 0 aromatic heterocycles. The van der Waals surface area contributed by atoms with Crippen LogP contribution in [0, 0.1) is 0 Å². The average Bonchev–Trinajstić information content (AvgIpc) is 2.70. The first-order valence-corrected chi connectivity index (χ1v) is 10.4. The number of carbonyl (C=O) groups excluding carboxylic acids is 2. The lowest BCUT2D eigenvalue weighted by Crippen LogP contribution is -2.70. The van der Waals surface area contributed by atoms with E-state index in [1.54, 1.807) is 38.1 Å². The molecule has 0 aliphatic carbocycles. The molecule has 0 bridgehead atoms. The Balaban J connectivity index is 1.98. The van der Waals surface area contributed by atoms with Gasteiger partial charge in [-0.15, -0.1) is 0 Å². The van der Waals surface area contributed by atoms with Gasteiger partial charge in [0.05, 0.1) is 12.2 Å². The van der Waals surface area contributed by atoms with Crippen LogP contribution < -0.4 is 10.1 Å². The van der Waals surface area contributed by atoms with E-state index < -0.39 is 54.4 Å². The highest BCUT2D eigenvalue weighted by Gasteiger charge is 2.54. The number of carboxylic acid groups (broad SMARTS) is 1. The fourth-order valence-corrected chi connectivity index (χ4v) is 3.75. The van der Waals surface area contributed by atoms with Crippen molar-refractivity contribution in [3.63, 3.8) is 0 Å². The molecule has 2 fully saturated rings. The lowest BCUT2D eigenvalue weighted by atomic mass is 9.94. The summed E-state index contributed by atoms with van der Waals surface area (Å²) < 4.78 is 29.7. The van der Waals surface area contributed by atoms with Gasteiger partial charge in [0.2, 0.25) is 12.2 Å². The quantitative estimate of drug-likeness (QED) is 0.593. The number of para-hydroxylation sites is 1. The molecule has 2 N–H and O–H groups in total. The number of ether oxygens (including phenoxy) is 5. The van der Waals surface area contributed by atoms with E-state index in [9.17, 15) is 19.5 Å². The van der Waals surface area contributed by atoms with Gasteiger partial charge in [0.25, 0.3) is 0 Å². The van der Waals surface area contributed by atoms with Gasteiger partial charge in [-0.3, -0.25) is 9.59 Å². The van der Waals surface area contributed by atoms with Gasteiger partial charge in [-0.1, -0.05) is 12.1 Å². The molecule has 0 radical (unpaired) electrons. The van der Waals surface area contributed by atoms with Crippen molar-refractivity contribution in [2.24, 2.45) is 0 Å². The minimum atomic E-state index is -1.19. The fraction of sp³-hybridized carbons (Fsp3) is 0.591. The van der Waals surface area contributed by atoms with Gasteiger partial charge in [-0.05, 0) is 39.8 Å². The second-order valence-corrected chi connectivity index (χ2v) is 8.31. The summed E-state index contributed by atoms with van der Waals surface area (Å²) >= 11 is 0. The number of Topliss-reactive ketones (excluding diaryl/α,β-unsaturated/α-hetero) is 1. The van der Waals surface area contributed by atoms with Crippen LogP contribution in [0.5, 0.6) is 5.75 Å². The molecule has 32 heavy (non-hydrogen) atoms. The third-order valence-corrected chi connectivity index (χ3v) is 5.25. The summed E-state index contributed by atoms with van der Waals surface area (Å²) in [4.78, 5) is 35.6. The lowest BCUT2D eigenvalue weighted by Gasteiger charge is -2.51. The summed E-state index contributed by atoms with van der Waals surface area (Å²) in [6.45, 7) is 7.71. The van der Waals surface area contributed by atoms with E-state index in [1.807, 2.05) is 0 Å². The first-order valence-electron chi connectivity index (χ1n) is 10.4. The molecule has 2 aliphatic heterocycles. The molecule has 176 valence electrons. The van der Waals surface area contributed by atoms with Crippen LogP contribution in [0.1, 0.15) is 45.0 Å². The largest absolute Gasteiger partial charge is 0.479 e. The minimum Gasteiger partial charge on any atom is -0.479 e. The van der Waals surface area contributed by atoms with Crippen molar-refractivity contribution in [2.45, 2.75) is 77.2 Å². The molecule has 0 spiro atoms. The Labute approximate surface area is 186 Å². The normalized spacial score (nSPS) is 30.0. The highest BCUT2D eigenvalue weighted by Crippen LogP contribution is 2.35. The van der Waals surface area contributed by atoms with E-state index in [1.165, 1.54) is 20.8 Å². The van der Waals surface area contributed by atoms with E-state index >= 15 is 0 Å². The van der Waals surface area contributed by atoms with Crippen LogP contribution in [0.3, 0.4) is 0 Å². The maximum atomic E-state index is 12.0. The molecule has 1 amide bonds. The maximum absolute atomic E-state index is 12.0.